The van der Waals surface area contributed by atoms with Crippen LogP contribution in [-0.2, 0) is 16.6 Å². The second-order valence-electron chi connectivity index (χ2n) is 11.3. The van der Waals surface area contributed by atoms with Gasteiger partial charge in [-0.3, -0.25) is 19.6 Å². The third kappa shape index (κ3) is 6.26. The summed E-state index contributed by atoms with van der Waals surface area (Å²) in [5.74, 6) is -0.924. The summed E-state index contributed by atoms with van der Waals surface area (Å²) in [7, 11) is 0. The molecule has 0 fully saturated rings. The number of aromatic nitrogens is 2. The third-order valence-electron chi connectivity index (χ3n) is 8.33. The minimum absolute atomic E-state index is 0.276. The van der Waals surface area contributed by atoms with Gasteiger partial charge in [0.1, 0.15) is 12.0 Å². The maximum Gasteiger partial charge on any atom is 0.405 e. The molecule has 0 saturated heterocycles. The minimum Gasteiger partial charge on any atom is -0.346 e. The van der Waals surface area contributed by atoms with E-state index in [-0.39, 0.29) is 5.91 Å². The van der Waals surface area contributed by atoms with Crippen LogP contribution in [0.25, 0.3) is 22.4 Å². The van der Waals surface area contributed by atoms with Gasteiger partial charge >= 0.3 is 6.18 Å². The summed E-state index contributed by atoms with van der Waals surface area (Å²) in [4.78, 5) is 35.7. The number of carbonyl (C=O) groups excluding carboxylic acids is 2. The Morgan fingerprint density at radius 3 is 2.00 bits per heavy atom. The lowest BCUT2D eigenvalue weighted by atomic mass is 9.73. The molecule has 46 heavy (non-hydrogen) atoms. The van der Waals surface area contributed by atoms with Crippen LogP contribution in [0.2, 0.25) is 0 Å². The number of carbonyl (C=O) groups is 2. The average Bonchev–Trinajstić information content (AvgIpc) is 3.37. The van der Waals surface area contributed by atoms with Crippen LogP contribution in [0.3, 0.4) is 0 Å². The number of amides is 2. The van der Waals surface area contributed by atoms with Crippen LogP contribution < -0.4 is 10.6 Å². The molecule has 0 radical (unpaired) electrons. The first-order chi connectivity index (χ1) is 22.3. The number of nitrogens with zero attached hydrogens (tertiary/aromatic N) is 2. The highest BCUT2D eigenvalue weighted by atomic mass is 19.4. The highest BCUT2D eigenvalue weighted by Crippen LogP contribution is 2.51. The monoisotopic (exact) mass is 620 g/mol. The summed E-state index contributed by atoms with van der Waals surface area (Å²) in [6.07, 6.45) is 0.942. The number of unbranched alkanes of at least 4 members (excludes halogenated alkanes) is 1. The molecule has 232 valence electrons. The summed E-state index contributed by atoms with van der Waals surface area (Å²) in [6.45, 7) is -1.39. The Morgan fingerprint density at radius 2 is 1.37 bits per heavy atom. The average molecular weight is 621 g/mol. The van der Waals surface area contributed by atoms with Crippen molar-refractivity contribution in [2.24, 2.45) is 0 Å². The normalized spacial score (nSPS) is 13.0. The largest absolute Gasteiger partial charge is 0.405 e. The van der Waals surface area contributed by atoms with Crippen molar-refractivity contribution < 1.29 is 22.8 Å². The standard InChI is InChI=1S/C37H31F3N4O2/c38-37(39,40)24-43-35(46)36(31-16-5-3-12-27(31)28-13-4-6-17-32(28)36)21-9-7-11-25-19-20-26(23-42-25)44-34(45)30-15-2-1-14-29(30)33-18-8-10-22-41-33/h1-6,8,10,12-20,22-23H,7,9,11,21,24H2,(H,43,46)(H,44,45). The fourth-order valence-electron chi connectivity index (χ4n) is 6.25. The summed E-state index contributed by atoms with van der Waals surface area (Å²) in [5.41, 5.74) is 5.20. The Kier molecular flexibility index (Phi) is 8.66. The van der Waals surface area contributed by atoms with Crippen molar-refractivity contribution in [2.75, 3.05) is 11.9 Å². The van der Waals surface area contributed by atoms with E-state index in [4.69, 9.17) is 0 Å². The first-order valence-electron chi connectivity index (χ1n) is 15.1. The van der Waals surface area contributed by atoms with E-state index in [1.165, 1.54) is 0 Å². The van der Waals surface area contributed by atoms with Crippen molar-refractivity contribution in [3.63, 3.8) is 0 Å². The van der Waals surface area contributed by atoms with Crippen molar-refractivity contribution in [1.29, 1.82) is 0 Å². The Labute approximate surface area is 264 Å². The molecule has 0 aliphatic heterocycles. The second kappa shape index (κ2) is 13.0. The fourth-order valence-corrected chi connectivity index (χ4v) is 6.25. The highest BCUT2D eigenvalue weighted by molar-refractivity contribution is 6.08. The van der Waals surface area contributed by atoms with Crippen LogP contribution in [0.5, 0.6) is 0 Å². The molecule has 2 amide bonds. The zero-order valence-electron chi connectivity index (χ0n) is 24.9. The molecular formula is C37H31F3N4O2. The SMILES string of the molecule is O=C(Nc1ccc(CCCCC2(C(=O)NCC(F)(F)F)c3ccccc3-c3ccccc32)nc1)c1ccccc1-c1ccccn1. The molecule has 5 aromatic rings. The van der Waals surface area contributed by atoms with Gasteiger partial charge in [0, 0.05) is 23.0 Å². The summed E-state index contributed by atoms with van der Waals surface area (Å²) >= 11 is 0. The Morgan fingerprint density at radius 1 is 0.717 bits per heavy atom. The van der Waals surface area contributed by atoms with Gasteiger partial charge in [-0.15, -0.1) is 0 Å². The van der Waals surface area contributed by atoms with Crippen LogP contribution in [0.1, 0.15) is 46.4 Å². The molecule has 3 aromatic carbocycles. The lowest BCUT2D eigenvalue weighted by Crippen LogP contribution is -2.47. The van der Waals surface area contributed by atoms with E-state index in [0.717, 1.165) is 33.5 Å². The van der Waals surface area contributed by atoms with Crippen LogP contribution in [-0.4, -0.2) is 34.5 Å². The fraction of sp³-hybridized carbons (Fsp3) is 0.189. The number of benzene rings is 3. The van der Waals surface area contributed by atoms with Crippen LogP contribution in [0.4, 0.5) is 18.9 Å². The summed E-state index contributed by atoms with van der Waals surface area (Å²) in [6, 6.07) is 31.3. The van der Waals surface area contributed by atoms with E-state index in [2.05, 4.69) is 20.6 Å². The molecule has 6 rings (SSSR count). The van der Waals surface area contributed by atoms with Gasteiger partial charge < -0.3 is 10.6 Å². The highest BCUT2D eigenvalue weighted by Gasteiger charge is 2.49. The van der Waals surface area contributed by atoms with Gasteiger partial charge in [0.2, 0.25) is 5.91 Å². The Hall–Kier alpha value is -5.31. The molecular weight excluding hydrogens is 589 g/mol. The topological polar surface area (TPSA) is 84.0 Å². The minimum atomic E-state index is -4.52. The summed E-state index contributed by atoms with van der Waals surface area (Å²) < 4.78 is 39.4. The number of alkyl halides is 3. The number of fused-ring (bicyclic) bond motifs is 3. The molecule has 1 aliphatic carbocycles. The van der Waals surface area contributed by atoms with Gasteiger partial charge in [-0.05, 0) is 71.8 Å². The molecule has 0 atom stereocenters. The molecule has 0 spiro atoms. The lowest BCUT2D eigenvalue weighted by molar-refractivity contribution is -0.141. The predicted molar refractivity (Wildman–Crippen MR) is 171 cm³/mol. The first kappa shape index (κ1) is 30.7. The number of hydrogen-bond donors (Lipinski definition) is 2. The van der Waals surface area contributed by atoms with Crippen LogP contribution >= 0.6 is 0 Å². The van der Waals surface area contributed by atoms with Gasteiger partial charge in [-0.2, -0.15) is 13.2 Å². The molecule has 2 aromatic heterocycles. The molecule has 9 heteroatoms. The maximum atomic E-state index is 13.7. The van der Waals surface area contributed by atoms with E-state index >= 15 is 0 Å². The van der Waals surface area contributed by atoms with Crippen LogP contribution in [0.15, 0.2) is 116 Å². The number of aryl methyl sites for hydroxylation is 1. The summed E-state index contributed by atoms with van der Waals surface area (Å²) in [5, 5.41) is 5.08. The zero-order chi connectivity index (χ0) is 32.1. The first-order valence-corrected chi connectivity index (χ1v) is 15.1. The van der Waals surface area contributed by atoms with Crippen molar-refractivity contribution >= 4 is 17.5 Å². The van der Waals surface area contributed by atoms with E-state index in [1.807, 2.05) is 84.9 Å². The number of anilines is 1. The van der Waals surface area contributed by atoms with E-state index < -0.39 is 24.0 Å². The Bertz CT molecular complexity index is 1810. The number of pyridine rings is 2. The van der Waals surface area contributed by atoms with E-state index in [1.54, 1.807) is 30.6 Å². The third-order valence-corrected chi connectivity index (χ3v) is 8.33. The smallest absolute Gasteiger partial charge is 0.346 e. The molecule has 0 bridgehead atoms. The molecule has 0 unspecified atom stereocenters. The number of hydrogen-bond acceptors (Lipinski definition) is 4. The number of rotatable bonds is 10. The van der Waals surface area contributed by atoms with Crippen molar-refractivity contribution in [1.82, 2.24) is 15.3 Å². The van der Waals surface area contributed by atoms with Gasteiger partial charge in [0.05, 0.1) is 17.6 Å². The maximum absolute atomic E-state index is 13.7. The van der Waals surface area contributed by atoms with Gasteiger partial charge in [0.25, 0.3) is 5.91 Å². The van der Waals surface area contributed by atoms with Crippen molar-refractivity contribution in [3.05, 3.63) is 138 Å². The molecule has 2 heterocycles. The van der Waals surface area contributed by atoms with Crippen LogP contribution in [0, 0.1) is 0 Å². The van der Waals surface area contributed by atoms with Crippen molar-refractivity contribution in [2.45, 2.75) is 37.3 Å². The quantitative estimate of drug-likeness (QED) is 0.156. The molecule has 6 nitrogen and oxygen atoms in total. The molecule has 1 aliphatic rings. The number of nitrogens with one attached hydrogen (secondary N) is 2. The van der Waals surface area contributed by atoms with E-state index in [9.17, 15) is 22.8 Å². The van der Waals surface area contributed by atoms with Gasteiger partial charge in [-0.1, -0.05) is 79.2 Å². The zero-order valence-corrected chi connectivity index (χ0v) is 24.9. The van der Waals surface area contributed by atoms with E-state index in [0.29, 0.717) is 42.6 Å². The predicted octanol–water partition coefficient (Wildman–Crippen LogP) is 7.75. The van der Waals surface area contributed by atoms with Gasteiger partial charge in [0.15, 0.2) is 0 Å². The Balaban J connectivity index is 1.13. The molecule has 0 saturated carbocycles. The number of halogens is 3. The van der Waals surface area contributed by atoms with Crippen molar-refractivity contribution in [3.8, 4) is 22.4 Å². The van der Waals surface area contributed by atoms with Gasteiger partial charge in [-0.25, -0.2) is 0 Å². The molecule has 2 N–H and O–H groups in total. The lowest BCUT2D eigenvalue weighted by Gasteiger charge is -2.31. The second-order valence-corrected chi connectivity index (χ2v) is 11.3.